The van der Waals surface area contributed by atoms with E-state index >= 15 is 0 Å². The molecule has 13 heavy (non-hydrogen) atoms. The number of carbonyl (C=O) groups excluding carboxylic acids is 1. The fraction of sp³-hybridized carbons (Fsp3) is 0.700. The van der Waals surface area contributed by atoms with Crippen LogP contribution in [0.4, 0.5) is 4.79 Å². The molecule has 3 nitrogen and oxygen atoms in total. The molecular formula is C10H15NO2. The molecule has 1 amide bonds. The number of fused-ring (bicyclic) bond motifs is 2. The summed E-state index contributed by atoms with van der Waals surface area (Å²) in [7, 11) is 1.40. The molecule has 1 fully saturated rings. The summed E-state index contributed by atoms with van der Waals surface area (Å²) in [4.78, 5) is 10.8. The van der Waals surface area contributed by atoms with E-state index < -0.39 is 0 Å². The maximum absolute atomic E-state index is 10.8. The number of hydrogen-bond acceptors (Lipinski definition) is 2. The van der Waals surface area contributed by atoms with E-state index in [1.807, 2.05) is 0 Å². The van der Waals surface area contributed by atoms with Gasteiger partial charge >= 0.3 is 6.09 Å². The Hall–Kier alpha value is -0.990. The van der Waals surface area contributed by atoms with Crippen LogP contribution in [-0.4, -0.2) is 19.7 Å². The Morgan fingerprint density at radius 2 is 2.38 bits per heavy atom. The van der Waals surface area contributed by atoms with Gasteiger partial charge in [0.2, 0.25) is 0 Å². The molecule has 2 rings (SSSR count). The van der Waals surface area contributed by atoms with Crippen LogP contribution in [0.25, 0.3) is 0 Å². The first kappa shape index (κ1) is 8.60. The van der Waals surface area contributed by atoms with Gasteiger partial charge in [-0.2, -0.15) is 0 Å². The summed E-state index contributed by atoms with van der Waals surface area (Å²) in [5.41, 5.74) is 0. The minimum Gasteiger partial charge on any atom is -0.453 e. The highest BCUT2D eigenvalue weighted by molar-refractivity contribution is 5.66. The second-order valence-electron chi connectivity index (χ2n) is 3.91. The van der Waals surface area contributed by atoms with Crippen LogP contribution in [0.2, 0.25) is 0 Å². The third-order valence-corrected chi connectivity index (χ3v) is 3.11. The van der Waals surface area contributed by atoms with Gasteiger partial charge in [-0.3, -0.25) is 0 Å². The van der Waals surface area contributed by atoms with Crippen molar-refractivity contribution in [1.29, 1.82) is 0 Å². The molecular weight excluding hydrogens is 166 g/mol. The van der Waals surface area contributed by atoms with Gasteiger partial charge in [-0.25, -0.2) is 4.79 Å². The van der Waals surface area contributed by atoms with Crippen molar-refractivity contribution in [3.8, 4) is 0 Å². The van der Waals surface area contributed by atoms with Crippen molar-refractivity contribution in [2.75, 3.05) is 13.7 Å². The Balaban J connectivity index is 1.78. The van der Waals surface area contributed by atoms with Gasteiger partial charge in [-0.15, -0.1) is 0 Å². The predicted octanol–water partition coefficient (Wildman–Crippen LogP) is 1.55. The van der Waals surface area contributed by atoms with Crippen LogP contribution in [0, 0.1) is 17.8 Å². The molecule has 3 heteroatoms. The Morgan fingerprint density at radius 3 is 2.92 bits per heavy atom. The van der Waals surface area contributed by atoms with Gasteiger partial charge < -0.3 is 10.1 Å². The van der Waals surface area contributed by atoms with Gasteiger partial charge in [0.1, 0.15) is 0 Å². The lowest BCUT2D eigenvalue weighted by Gasteiger charge is -2.17. The van der Waals surface area contributed by atoms with Crippen molar-refractivity contribution in [2.24, 2.45) is 17.8 Å². The van der Waals surface area contributed by atoms with Crippen LogP contribution in [0.15, 0.2) is 12.2 Å². The van der Waals surface area contributed by atoms with Crippen LogP contribution >= 0.6 is 0 Å². The van der Waals surface area contributed by atoms with Crippen molar-refractivity contribution >= 4 is 6.09 Å². The number of rotatable bonds is 2. The SMILES string of the molecule is COC(=O)NC[C@@H]1C[C@H]2C=C[C@@H]1C2. The average molecular weight is 181 g/mol. The van der Waals surface area contributed by atoms with E-state index in [1.54, 1.807) is 0 Å². The second kappa shape index (κ2) is 3.40. The zero-order valence-corrected chi connectivity index (χ0v) is 7.82. The lowest BCUT2D eigenvalue weighted by Crippen LogP contribution is -2.30. The van der Waals surface area contributed by atoms with Crippen molar-refractivity contribution in [3.63, 3.8) is 0 Å². The van der Waals surface area contributed by atoms with Crippen molar-refractivity contribution in [1.82, 2.24) is 5.32 Å². The Labute approximate surface area is 78.1 Å². The molecule has 0 aromatic rings. The molecule has 0 aromatic heterocycles. The molecule has 0 spiro atoms. The molecule has 0 aliphatic heterocycles. The summed E-state index contributed by atoms with van der Waals surface area (Å²) in [6, 6.07) is 0. The highest BCUT2D eigenvalue weighted by Crippen LogP contribution is 2.42. The molecule has 3 atom stereocenters. The molecule has 0 unspecified atom stereocenters. The summed E-state index contributed by atoms with van der Waals surface area (Å²) in [6.45, 7) is 0.762. The average Bonchev–Trinajstić information content (AvgIpc) is 2.74. The van der Waals surface area contributed by atoms with Crippen LogP contribution in [0.1, 0.15) is 12.8 Å². The minimum atomic E-state index is -0.313. The van der Waals surface area contributed by atoms with Crippen molar-refractivity contribution in [3.05, 3.63) is 12.2 Å². The molecule has 72 valence electrons. The number of methoxy groups -OCH3 is 1. The van der Waals surface area contributed by atoms with E-state index in [0.29, 0.717) is 11.8 Å². The van der Waals surface area contributed by atoms with E-state index in [9.17, 15) is 4.79 Å². The Morgan fingerprint density at radius 1 is 1.54 bits per heavy atom. The number of amides is 1. The summed E-state index contributed by atoms with van der Waals surface area (Å²) in [6.07, 6.45) is 6.79. The molecule has 2 bridgehead atoms. The summed E-state index contributed by atoms with van der Waals surface area (Å²) in [5, 5.41) is 2.76. The molecule has 2 aliphatic carbocycles. The van der Waals surface area contributed by atoms with Gasteiger partial charge in [-0.05, 0) is 30.6 Å². The quantitative estimate of drug-likeness (QED) is 0.656. The maximum atomic E-state index is 10.8. The van der Waals surface area contributed by atoms with Gasteiger partial charge in [0.05, 0.1) is 7.11 Å². The largest absolute Gasteiger partial charge is 0.453 e. The monoisotopic (exact) mass is 181 g/mol. The number of carbonyl (C=O) groups is 1. The van der Waals surface area contributed by atoms with E-state index in [1.165, 1.54) is 20.0 Å². The topological polar surface area (TPSA) is 38.3 Å². The van der Waals surface area contributed by atoms with Gasteiger partial charge in [0, 0.05) is 6.54 Å². The summed E-state index contributed by atoms with van der Waals surface area (Å²) >= 11 is 0. The fourth-order valence-electron chi connectivity index (χ4n) is 2.42. The highest BCUT2D eigenvalue weighted by atomic mass is 16.5. The van der Waals surface area contributed by atoms with Crippen molar-refractivity contribution in [2.45, 2.75) is 12.8 Å². The predicted molar refractivity (Wildman–Crippen MR) is 49.3 cm³/mol. The third kappa shape index (κ3) is 1.69. The standard InChI is InChI=1S/C10H15NO2/c1-13-10(12)11-6-9-5-7-2-3-8(9)4-7/h2-3,7-9H,4-6H2,1H3,(H,11,12)/t7-,8+,9-/m0/s1. The highest BCUT2D eigenvalue weighted by Gasteiger charge is 2.35. The number of allylic oxidation sites excluding steroid dienone is 2. The molecule has 0 aromatic carbocycles. The van der Waals surface area contributed by atoms with E-state index in [0.717, 1.165) is 12.5 Å². The van der Waals surface area contributed by atoms with Crippen LogP contribution in [-0.2, 0) is 4.74 Å². The maximum Gasteiger partial charge on any atom is 0.406 e. The Bertz CT molecular complexity index is 237. The van der Waals surface area contributed by atoms with Gasteiger partial charge in [0.25, 0.3) is 0 Å². The van der Waals surface area contributed by atoms with Crippen LogP contribution < -0.4 is 5.32 Å². The van der Waals surface area contributed by atoms with Crippen LogP contribution in [0.5, 0.6) is 0 Å². The normalized spacial score (nSPS) is 35.0. The number of hydrogen-bond donors (Lipinski definition) is 1. The lowest BCUT2D eigenvalue weighted by atomic mass is 9.94. The van der Waals surface area contributed by atoms with Crippen molar-refractivity contribution < 1.29 is 9.53 Å². The first-order valence-electron chi connectivity index (χ1n) is 4.79. The first-order chi connectivity index (χ1) is 6.29. The fourth-order valence-corrected chi connectivity index (χ4v) is 2.42. The smallest absolute Gasteiger partial charge is 0.406 e. The third-order valence-electron chi connectivity index (χ3n) is 3.11. The van der Waals surface area contributed by atoms with E-state index in [2.05, 4.69) is 22.2 Å². The number of ether oxygens (including phenoxy) is 1. The lowest BCUT2D eigenvalue weighted by molar-refractivity contribution is 0.168. The first-order valence-corrected chi connectivity index (χ1v) is 4.79. The summed E-state index contributed by atoms with van der Waals surface area (Å²) < 4.78 is 4.52. The molecule has 0 heterocycles. The molecule has 1 N–H and O–H groups in total. The van der Waals surface area contributed by atoms with Gasteiger partial charge in [-0.1, -0.05) is 12.2 Å². The van der Waals surface area contributed by atoms with E-state index in [-0.39, 0.29) is 6.09 Å². The van der Waals surface area contributed by atoms with Gasteiger partial charge in [0.15, 0.2) is 0 Å². The molecule has 2 aliphatic rings. The number of nitrogens with one attached hydrogen (secondary N) is 1. The molecule has 1 saturated carbocycles. The second-order valence-corrected chi connectivity index (χ2v) is 3.91. The zero-order chi connectivity index (χ0) is 9.26. The summed E-state index contributed by atoms with van der Waals surface area (Å²) in [5.74, 6) is 2.10. The Kier molecular flexibility index (Phi) is 2.25. The van der Waals surface area contributed by atoms with E-state index in [4.69, 9.17) is 0 Å². The molecule has 0 radical (unpaired) electrons. The minimum absolute atomic E-state index is 0.313. The van der Waals surface area contributed by atoms with Crippen LogP contribution in [0.3, 0.4) is 0 Å². The molecule has 0 saturated heterocycles. The zero-order valence-electron chi connectivity index (χ0n) is 7.82. The number of alkyl carbamates (subject to hydrolysis) is 1.